The van der Waals surface area contributed by atoms with Crippen LogP contribution in [-0.2, 0) is 6.54 Å². The number of amides is 2. The van der Waals surface area contributed by atoms with Gasteiger partial charge in [0.2, 0.25) is 0 Å². The highest BCUT2D eigenvalue weighted by atomic mass is 16.2. The van der Waals surface area contributed by atoms with E-state index in [1.165, 1.54) is 30.0 Å². The summed E-state index contributed by atoms with van der Waals surface area (Å²) in [5.74, 6) is 0. The number of hydrogen-bond donors (Lipinski definition) is 2. The molecule has 0 aliphatic heterocycles. The van der Waals surface area contributed by atoms with Crippen molar-refractivity contribution in [2.24, 2.45) is 0 Å². The van der Waals surface area contributed by atoms with Crippen LogP contribution in [0.1, 0.15) is 37.7 Å². The van der Waals surface area contributed by atoms with Crippen LogP contribution in [-0.4, -0.2) is 21.6 Å². The van der Waals surface area contributed by atoms with Crippen LogP contribution < -0.4 is 16.3 Å². The third kappa shape index (κ3) is 4.44. The SMILES string of the molecule is O=C(Nc1cccc(Cn2cccnc2=O)c1)NC1CCCCC1. The number of carbonyl (C=O) groups excluding carboxylic acids is 1. The smallest absolute Gasteiger partial charge is 0.335 e. The van der Waals surface area contributed by atoms with Crippen LogP contribution in [0.3, 0.4) is 0 Å². The largest absolute Gasteiger partial charge is 0.347 e. The minimum absolute atomic E-state index is 0.169. The Morgan fingerprint density at radius 3 is 2.83 bits per heavy atom. The van der Waals surface area contributed by atoms with Crippen LogP contribution in [0.15, 0.2) is 47.5 Å². The number of nitrogens with zero attached hydrogens (tertiary/aromatic N) is 2. The normalized spacial score (nSPS) is 15.0. The average molecular weight is 326 g/mol. The van der Waals surface area contributed by atoms with Gasteiger partial charge in [0.15, 0.2) is 0 Å². The Morgan fingerprint density at radius 1 is 1.21 bits per heavy atom. The van der Waals surface area contributed by atoms with Crippen molar-refractivity contribution in [1.82, 2.24) is 14.9 Å². The number of nitrogens with one attached hydrogen (secondary N) is 2. The molecule has 1 fully saturated rings. The molecule has 0 bridgehead atoms. The van der Waals surface area contributed by atoms with Crippen LogP contribution >= 0.6 is 0 Å². The number of carbonyl (C=O) groups is 1. The molecule has 24 heavy (non-hydrogen) atoms. The molecule has 1 aromatic carbocycles. The van der Waals surface area contributed by atoms with E-state index in [1.807, 2.05) is 24.3 Å². The summed E-state index contributed by atoms with van der Waals surface area (Å²) in [5.41, 5.74) is 1.37. The first-order chi connectivity index (χ1) is 11.7. The summed E-state index contributed by atoms with van der Waals surface area (Å²) in [4.78, 5) is 27.5. The maximum Gasteiger partial charge on any atom is 0.347 e. The van der Waals surface area contributed by atoms with E-state index in [1.54, 1.807) is 12.3 Å². The second-order valence-electron chi connectivity index (χ2n) is 6.16. The van der Waals surface area contributed by atoms with Gasteiger partial charge in [-0.2, -0.15) is 0 Å². The van der Waals surface area contributed by atoms with Crippen LogP contribution in [0, 0.1) is 0 Å². The van der Waals surface area contributed by atoms with E-state index in [0.717, 1.165) is 24.1 Å². The quantitative estimate of drug-likeness (QED) is 0.907. The van der Waals surface area contributed by atoms with E-state index < -0.39 is 0 Å². The van der Waals surface area contributed by atoms with Gasteiger partial charge in [-0.05, 0) is 36.6 Å². The van der Waals surface area contributed by atoms with E-state index in [-0.39, 0.29) is 17.8 Å². The van der Waals surface area contributed by atoms with E-state index in [4.69, 9.17) is 0 Å². The van der Waals surface area contributed by atoms with Gasteiger partial charge in [0.1, 0.15) is 0 Å². The summed E-state index contributed by atoms with van der Waals surface area (Å²) in [6, 6.07) is 9.33. The Balaban J connectivity index is 1.61. The Morgan fingerprint density at radius 2 is 2.04 bits per heavy atom. The molecule has 0 saturated heterocycles. The third-order valence-corrected chi connectivity index (χ3v) is 4.26. The monoisotopic (exact) mass is 326 g/mol. The van der Waals surface area contributed by atoms with Gasteiger partial charge in [0, 0.05) is 24.1 Å². The highest BCUT2D eigenvalue weighted by Gasteiger charge is 2.15. The number of rotatable bonds is 4. The van der Waals surface area contributed by atoms with Crippen molar-refractivity contribution >= 4 is 11.7 Å². The molecule has 6 nitrogen and oxygen atoms in total. The number of urea groups is 1. The zero-order valence-corrected chi connectivity index (χ0v) is 13.6. The molecule has 0 spiro atoms. The van der Waals surface area contributed by atoms with Gasteiger partial charge >= 0.3 is 11.7 Å². The first kappa shape index (κ1) is 16.2. The summed E-state index contributed by atoms with van der Waals surface area (Å²) in [6.45, 7) is 0.423. The molecular weight excluding hydrogens is 304 g/mol. The fourth-order valence-corrected chi connectivity index (χ4v) is 3.05. The van der Waals surface area contributed by atoms with Gasteiger partial charge in [-0.3, -0.25) is 4.57 Å². The van der Waals surface area contributed by atoms with E-state index >= 15 is 0 Å². The Labute approximate surface area is 140 Å². The number of anilines is 1. The van der Waals surface area contributed by atoms with Crippen LogP contribution in [0.5, 0.6) is 0 Å². The molecule has 0 atom stereocenters. The first-order valence-electron chi connectivity index (χ1n) is 8.38. The lowest BCUT2D eigenvalue weighted by Gasteiger charge is -2.22. The van der Waals surface area contributed by atoms with E-state index in [0.29, 0.717) is 6.54 Å². The molecular formula is C18H22N4O2. The lowest BCUT2D eigenvalue weighted by molar-refractivity contribution is 0.244. The maximum absolute atomic E-state index is 12.1. The molecule has 126 valence electrons. The molecule has 3 rings (SSSR count). The highest BCUT2D eigenvalue weighted by Crippen LogP contribution is 2.18. The van der Waals surface area contributed by atoms with Crippen molar-refractivity contribution in [1.29, 1.82) is 0 Å². The maximum atomic E-state index is 12.1. The van der Waals surface area contributed by atoms with E-state index in [9.17, 15) is 9.59 Å². The summed E-state index contributed by atoms with van der Waals surface area (Å²) < 4.78 is 1.53. The minimum atomic E-state index is -0.286. The van der Waals surface area contributed by atoms with Crippen molar-refractivity contribution in [3.05, 3.63) is 58.8 Å². The number of hydrogen-bond acceptors (Lipinski definition) is 3. The molecule has 6 heteroatoms. The van der Waals surface area contributed by atoms with Crippen molar-refractivity contribution in [2.45, 2.75) is 44.7 Å². The molecule has 1 heterocycles. The molecule has 1 aliphatic carbocycles. The molecule has 2 amide bonds. The predicted octanol–water partition coefficient (Wildman–Crippen LogP) is 2.75. The zero-order valence-electron chi connectivity index (χ0n) is 13.6. The number of benzene rings is 1. The van der Waals surface area contributed by atoms with Crippen LogP contribution in [0.25, 0.3) is 0 Å². The fraction of sp³-hybridized carbons (Fsp3) is 0.389. The van der Waals surface area contributed by atoms with Gasteiger partial charge in [0.05, 0.1) is 6.54 Å². The standard InChI is InChI=1S/C18H22N4O2/c23-17(20-15-7-2-1-3-8-15)21-16-9-4-6-14(12-16)13-22-11-5-10-19-18(22)24/h4-6,9-12,15H,1-3,7-8,13H2,(H2,20,21,23). The van der Waals surface area contributed by atoms with Gasteiger partial charge < -0.3 is 10.6 Å². The lowest BCUT2D eigenvalue weighted by atomic mass is 9.96. The van der Waals surface area contributed by atoms with Gasteiger partial charge in [-0.25, -0.2) is 14.6 Å². The molecule has 2 aromatic rings. The van der Waals surface area contributed by atoms with Crippen molar-refractivity contribution in [2.75, 3.05) is 5.32 Å². The first-order valence-corrected chi connectivity index (χ1v) is 8.38. The molecule has 0 unspecified atom stereocenters. The van der Waals surface area contributed by atoms with Crippen LogP contribution in [0.4, 0.5) is 10.5 Å². The minimum Gasteiger partial charge on any atom is -0.335 e. The van der Waals surface area contributed by atoms with Gasteiger partial charge in [-0.1, -0.05) is 31.4 Å². The topological polar surface area (TPSA) is 76.0 Å². The van der Waals surface area contributed by atoms with Crippen molar-refractivity contribution in [3.8, 4) is 0 Å². The Kier molecular flexibility index (Phi) is 5.25. The van der Waals surface area contributed by atoms with E-state index in [2.05, 4.69) is 15.6 Å². The second kappa shape index (κ2) is 7.77. The molecule has 0 radical (unpaired) electrons. The molecule has 2 N–H and O–H groups in total. The average Bonchev–Trinajstić information content (AvgIpc) is 2.58. The molecule has 1 saturated carbocycles. The Bertz CT molecular complexity index is 750. The summed E-state index contributed by atoms with van der Waals surface area (Å²) in [7, 11) is 0. The van der Waals surface area contributed by atoms with Crippen LogP contribution in [0.2, 0.25) is 0 Å². The van der Waals surface area contributed by atoms with Gasteiger partial charge in [0.25, 0.3) is 0 Å². The summed E-state index contributed by atoms with van der Waals surface area (Å²) in [6.07, 6.45) is 8.91. The predicted molar refractivity (Wildman–Crippen MR) is 93.1 cm³/mol. The molecule has 1 aromatic heterocycles. The van der Waals surface area contributed by atoms with Gasteiger partial charge in [-0.15, -0.1) is 0 Å². The lowest BCUT2D eigenvalue weighted by Crippen LogP contribution is -2.39. The van der Waals surface area contributed by atoms with Crippen molar-refractivity contribution < 1.29 is 4.79 Å². The van der Waals surface area contributed by atoms with Crippen molar-refractivity contribution in [3.63, 3.8) is 0 Å². The zero-order chi connectivity index (χ0) is 16.8. The third-order valence-electron chi connectivity index (χ3n) is 4.26. The summed E-state index contributed by atoms with van der Waals surface area (Å²) in [5, 5.41) is 5.91. The number of aromatic nitrogens is 2. The fourth-order valence-electron chi connectivity index (χ4n) is 3.05. The second-order valence-corrected chi connectivity index (χ2v) is 6.16. The summed E-state index contributed by atoms with van der Waals surface area (Å²) >= 11 is 0. The Hall–Kier alpha value is -2.63. The molecule has 1 aliphatic rings. The highest BCUT2D eigenvalue weighted by molar-refractivity contribution is 5.89.